The summed E-state index contributed by atoms with van der Waals surface area (Å²) in [5, 5.41) is 14.2. The van der Waals surface area contributed by atoms with Gasteiger partial charge in [0.15, 0.2) is 5.65 Å². The lowest BCUT2D eigenvalue weighted by Gasteiger charge is -2.12. The predicted molar refractivity (Wildman–Crippen MR) is 72.9 cm³/mol. The zero-order valence-corrected chi connectivity index (χ0v) is 11.0. The molecule has 0 bridgehead atoms. The Morgan fingerprint density at radius 3 is 2.83 bits per heavy atom. The molecule has 2 aromatic heterocycles. The van der Waals surface area contributed by atoms with Crippen LogP contribution in [0.2, 0.25) is 0 Å². The Kier molecular flexibility index (Phi) is 3.93. The van der Waals surface area contributed by atoms with E-state index in [0.29, 0.717) is 5.95 Å². The summed E-state index contributed by atoms with van der Waals surface area (Å²) in [7, 11) is 4.08. The first kappa shape index (κ1) is 12.6. The lowest BCUT2D eigenvalue weighted by molar-refractivity contribution is 0.425. The Morgan fingerprint density at radius 2 is 2.11 bits per heavy atom. The number of nitrogens with one attached hydrogen (secondary N) is 3. The summed E-state index contributed by atoms with van der Waals surface area (Å²) in [6, 6.07) is 0. The van der Waals surface area contributed by atoms with Gasteiger partial charge in [-0.05, 0) is 21.0 Å². The van der Waals surface area contributed by atoms with Gasteiger partial charge >= 0.3 is 0 Å². The van der Waals surface area contributed by atoms with E-state index in [2.05, 4.69) is 35.7 Å². The Balaban J connectivity index is 2.20. The predicted octanol–water partition coefficient (Wildman–Crippen LogP) is 0.758. The van der Waals surface area contributed by atoms with Gasteiger partial charge in [-0.3, -0.25) is 5.10 Å². The molecule has 0 unspecified atom stereocenters. The van der Waals surface area contributed by atoms with Crippen LogP contribution in [0.5, 0.6) is 0 Å². The molecule has 2 heterocycles. The van der Waals surface area contributed by atoms with Crippen molar-refractivity contribution in [2.45, 2.75) is 6.92 Å². The van der Waals surface area contributed by atoms with Gasteiger partial charge < -0.3 is 15.5 Å². The summed E-state index contributed by atoms with van der Waals surface area (Å²) in [5.74, 6) is 1.42. The molecular formula is C11H19N7. The third-order valence-corrected chi connectivity index (χ3v) is 2.50. The number of hydrogen-bond acceptors (Lipinski definition) is 6. The number of fused-ring (bicyclic) bond motifs is 1. The molecule has 0 spiro atoms. The number of anilines is 2. The summed E-state index contributed by atoms with van der Waals surface area (Å²) >= 11 is 0. The van der Waals surface area contributed by atoms with Crippen molar-refractivity contribution in [3.05, 3.63) is 6.20 Å². The van der Waals surface area contributed by atoms with Crippen LogP contribution in [0, 0.1) is 0 Å². The molecule has 0 saturated carbocycles. The minimum absolute atomic E-state index is 0.613. The zero-order chi connectivity index (χ0) is 13.0. The third kappa shape index (κ3) is 2.86. The molecule has 2 rings (SSSR count). The van der Waals surface area contributed by atoms with E-state index in [1.165, 1.54) is 0 Å². The third-order valence-electron chi connectivity index (χ3n) is 2.50. The normalized spacial score (nSPS) is 11.1. The van der Waals surface area contributed by atoms with Crippen LogP contribution in [0.15, 0.2) is 6.20 Å². The second kappa shape index (κ2) is 5.63. The molecule has 2 aromatic rings. The van der Waals surface area contributed by atoms with Gasteiger partial charge in [-0.1, -0.05) is 0 Å². The molecule has 0 saturated heterocycles. The number of nitrogens with zero attached hydrogens (tertiary/aromatic N) is 4. The fourth-order valence-electron chi connectivity index (χ4n) is 1.60. The highest BCUT2D eigenvalue weighted by Crippen LogP contribution is 2.19. The molecule has 0 amide bonds. The number of H-pyrrole nitrogens is 1. The number of hydrogen-bond donors (Lipinski definition) is 3. The topological polar surface area (TPSA) is 81.8 Å². The van der Waals surface area contributed by atoms with Crippen molar-refractivity contribution in [1.82, 2.24) is 25.1 Å². The largest absolute Gasteiger partial charge is 0.368 e. The molecule has 0 aliphatic carbocycles. The molecule has 98 valence electrons. The molecule has 18 heavy (non-hydrogen) atoms. The van der Waals surface area contributed by atoms with Gasteiger partial charge in [-0.25, -0.2) is 0 Å². The summed E-state index contributed by atoms with van der Waals surface area (Å²) in [6.45, 7) is 4.58. The average molecular weight is 249 g/mol. The van der Waals surface area contributed by atoms with Gasteiger partial charge in [-0.15, -0.1) is 0 Å². The van der Waals surface area contributed by atoms with Crippen LogP contribution < -0.4 is 10.6 Å². The number of aromatic amines is 1. The molecule has 0 atom stereocenters. The van der Waals surface area contributed by atoms with E-state index in [0.717, 1.165) is 36.5 Å². The maximum Gasteiger partial charge on any atom is 0.226 e. The van der Waals surface area contributed by atoms with E-state index in [9.17, 15) is 0 Å². The lowest BCUT2D eigenvalue weighted by Crippen LogP contribution is -2.21. The average Bonchev–Trinajstić information content (AvgIpc) is 2.77. The highest BCUT2D eigenvalue weighted by Gasteiger charge is 2.08. The summed E-state index contributed by atoms with van der Waals surface area (Å²) < 4.78 is 0. The van der Waals surface area contributed by atoms with E-state index in [1.54, 1.807) is 6.20 Å². The quantitative estimate of drug-likeness (QED) is 0.701. The van der Waals surface area contributed by atoms with Crippen molar-refractivity contribution in [3.63, 3.8) is 0 Å². The van der Waals surface area contributed by atoms with E-state index in [1.807, 2.05) is 21.0 Å². The van der Waals surface area contributed by atoms with Gasteiger partial charge in [0.2, 0.25) is 5.95 Å². The second-order valence-electron chi connectivity index (χ2n) is 4.29. The first-order valence-electron chi connectivity index (χ1n) is 6.04. The van der Waals surface area contributed by atoms with Crippen molar-refractivity contribution in [2.75, 3.05) is 44.4 Å². The summed E-state index contributed by atoms with van der Waals surface area (Å²) in [6.07, 6.45) is 1.74. The molecule has 7 nitrogen and oxygen atoms in total. The second-order valence-corrected chi connectivity index (χ2v) is 4.29. The van der Waals surface area contributed by atoms with Gasteiger partial charge in [0.05, 0.1) is 11.6 Å². The molecular weight excluding hydrogens is 230 g/mol. The van der Waals surface area contributed by atoms with Crippen molar-refractivity contribution in [2.24, 2.45) is 0 Å². The van der Waals surface area contributed by atoms with Crippen LogP contribution in [0.3, 0.4) is 0 Å². The zero-order valence-electron chi connectivity index (χ0n) is 11.0. The van der Waals surface area contributed by atoms with Crippen LogP contribution in [-0.2, 0) is 0 Å². The summed E-state index contributed by atoms with van der Waals surface area (Å²) in [4.78, 5) is 10.9. The molecule has 3 N–H and O–H groups in total. The Bertz CT molecular complexity index is 505. The fourth-order valence-corrected chi connectivity index (χ4v) is 1.60. The van der Waals surface area contributed by atoms with Crippen LogP contribution >= 0.6 is 0 Å². The van der Waals surface area contributed by atoms with Crippen LogP contribution in [-0.4, -0.2) is 58.8 Å². The van der Waals surface area contributed by atoms with Crippen molar-refractivity contribution < 1.29 is 0 Å². The lowest BCUT2D eigenvalue weighted by atomic mass is 10.4. The highest BCUT2D eigenvalue weighted by molar-refractivity contribution is 5.86. The Labute approximate surface area is 106 Å². The molecule has 7 heteroatoms. The van der Waals surface area contributed by atoms with Gasteiger partial charge in [0.1, 0.15) is 5.82 Å². The van der Waals surface area contributed by atoms with E-state index >= 15 is 0 Å². The molecule has 0 fully saturated rings. The highest BCUT2D eigenvalue weighted by atomic mass is 15.2. The maximum absolute atomic E-state index is 4.45. The summed E-state index contributed by atoms with van der Waals surface area (Å²) in [5.41, 5.74) is 0.744. The molecule has 0 aromatic carbocycles. The van der Waals surface area contributed by atoms with Gasteiger partial charge in [0, 0.05) is 19.6 Å². The monoisotopic (exact) mass is 249 g/mol. The maximum atomic E-state index is 4.45. The number of rotatable bonds is 6. The van der Waals surface area contributed by atoms with E-state index < -0.39 is 0 Å². The van der Waals surface area contributed by atoms with Crippen LogP contribution in [0.25, 0.3) is 11.0 Å². The first-order chi connectivity index (χ1) is 8.70. The molecule has 0 aliphatic rings. The van der Waals surface area contributed by atoms with Gasteiger partial charge in [-0.2, -0.15) is 15.1 Å². The van der Waals surface area contributed by atoms with E-state index in [4.69, 9.17) is 0 Å². The Hall–Kier alpha value is -1.89. The number of likely N-dealkylation sites (N-methyl/N-ethyl adjacent to an activating group) is 1. The molecule has 0 radical (unpaired) electrons. The van der Waals surface area contributed by atoms with Crippen molar-refractivity contribution in [3.8, 4) is 0 Å². The van der Waals surface area contributed by atoms with Crippen LogP contribution in [0.4, 0.5) is 11.8 Å². The van der Waals surface area contributed by atoms with E-state index in [-0.39, 0.29) is 0 Å². The number of aromatic nitrogens is 4. The minimum atomic E-state index is 0.613. The minimum Gasteiger partial charge on any atom is -0.368 e. The SMILES string of the molecule is CCNc1nc(NCCN(C)C)c2cn[nH]c2n1. The van der Waals surface area contributed by atoms with Crippen molar-refractivity contribution >= 4 is 22.8 Å². The molecule has 0 aliphatic heterocycles. The Morgan fingerprint density at radius 1 is 1.28 bits per heavy atom. The fraction of sp³-hybridized carbons (Fsp3) is 0.545. The standard InChI is InChI=1S/C11H19N7/c1-4-12-11-15-9(13-5-6-18(2)3)8-7-14-17-10(8)16-11/h7H,4-6H2,1-3H3,(H3,12,13,14,15,16,17). The smallest absolute Gasteiger partial charge is 0.226 e. The van der Waals surface area contributed by atoms with Crippen LogP contribution in [0.1, 0.15) is 6.92 Å². The van der Waals surface area contributed by atoms with Crippen molar-refractivity contribution in [1.29, 1.82) is 0 Å². The van der Waals surface area contributed by atoms with Gasteiger partial charge in [0.25, 0.3) is 0 Å². The first-order valence-corrected chi connectivity index (χ1v) is 6.04.